The van der Waals surface area contributed by atoms with Crippen LogP contribution in [0.25, 0.3) is 0 Å². The summed E-state index contributed by atoms with van der Waals surface area (Å²) in [7, 11) is -5.73. The molecule has 0 aliphatic carbocycles. The SMILES string of the molecule is C=CCC(c1ccccc1F)(C(F)(F)F)P(=O)(O)O. The second-order valence-corrected chi connectivity index (χ2v) is 5.73. The zero-order valence-electron chi connectivity index (χ0n) is 9.56. The van der Waals surface area contributed by atoms with E-state index in [0.29, 0.717) is 18.2 Å². The van der Waals surface area contributed by atoms with Gasteiger partial charge in [0, 0.05) is 5.56 Å². The van der Waals surface area contributed by atoms with Crippen LogP contribution in [-0.2, 0) is 9.72 Å². The zero-order chi connectivity index (χ0) is 14.9. The van der Waals surface area contributed by atoms with Crippen LogP contribution in [0, 0.1) is 5.82 Å². The highest BCUT2D eigenvalue weighted by Crippen LogP contribution is 2.66. The van der Waals surface area contributed by atoms with E-state index in [-0.39, 0.29) is 0 Å². The maximum absolute atomic E-state index is 13.6. The van der Waals surface area contributed by atoms with Gasteiger partial charge >= 0.3 is 13.8 Å². The van der Waals surface area contributed by atoms with Crippen LogP contribution in [0.3, 0.4) is 0 Å². The summed E-state index contributed by atoms with van der Waals surface area (Å²) in [5, 5.41) is -3.62. The van der Waals surface area contributed by atoms with Gasteiger partial charge in [0.05, 0.1) is 0 Å². The first kappa shape index (κ1) is 15.9. The van der Waals surface area contributed by atoms with Gasteiger partial charge in [-0.2, -0.15) is 13.2 Å². The number of hydrogen-bond acceptors (Lipinski definition) is 1. The van der Waals surface area contributed by atoms with E-state index in [4.69, 9.17) is 9.79 Å². The molecule has 0 aliphatic heterocycles. The van der Waals surface area contributed by atoms with E-state index in [0.717, 1.165) is 12.1 Å². The first-order chi connectivity index (χ1) is 8.58. The van der Waals surface area contributed by atoms with Crippen molar-refractivity contribution in [2.75, 3.05) is 0 Å². The predicted octanol–water partition coefficient (Wildman–Crippen LogP) is 3.34. The third-order valence-electron chi connectivity index (χ3n) is 2.73. The maximum atomic E-state index is 13.6. The number of hydrogen-bond donors (Lipinski definition) is 2. The Hall–Kier alpha value is -1.17. The second kappa shape index (κ2) is 5.07. The summed E-state index contributed by atoms with van der Waals surface area (Å²) in [5.41, 5.74) is -1.09. The van der Waals surface area contributed by atoms with Crippen LogP contribution in [0.15, 0.2) is 36.9 Å². The average molecular weight is 298 g/mol. The summed E-state index contributed by atoms with van der Waals surface area (Å²) >= 11 is 0. The lowest BCUT2D eigenvalue weighted by Gasteiger charge is -2.35. The highest BCUT2D eigenvalue weighted by Gasteiger charge is 2.67. The first-order valence-electron chi connectivity index (χ1n) is 5.06. The first-order valence-corrected chi connectivity index (χ1v) is 6.67. The molecule has 0 aliphatic rings. The van der Waals surface area contributed by atoms with Gasteiger partial charge in [0.1, 0.15) is 5.82 Å². The van der Waals surface area contributed by atoms with Crippen LogP contribution in [0.2, 0.25) is 0 Å². The fourth-order valence-corrected chi connectivity index (χ4v) is 3.02. The molecular formula is C11H11F4O3P. The summed E-state index contributed by atoms with van der Waals surface area (Å²) in [6.07, 6.45) is -5.75. The largest absolute Gasteiger partial charge is 0.410 e. The molecule has 0 amide bonds. The molecular weight excluding hydrogens is 287 g/mol. The van der Waals surface area contributed by atoms with Crippen LogP contribution in [0.1, 0.15) is 12.0 Å². The summed E-state index contributed by atoms with van der Waals surface area (Å²) < 4.78 is 64.6. The Bertz CT molecular complexity index is 523. The van der Waals surface area contributed by atoms with Crippen molar-refractivity contribution in [2.24, 2.45) is 0 Å². The quantitative estimate of drug-likeness (QED) is 0.509. The molecule has 0 heterocycles. The molecule has 0 spiro atoms. The Kier molecular flexibility index (Phi) is 4.24. The van der Waals surface area contributed by atoms with Gasteiger partial charge in [-0.05, 0) is 12.5 Å². The molecule has 19 heavy (non-hydrogen) atoms. The zero-order valence-corrected chi connectivity index (χ0v) is 10.5. The fraction of sp³-hybridized carbons (Fsp3) is 0.273. The van der Waals surface area contributed by atoms with Gasteiger partial charge in [0.2, 0.25) is 0 Å². The monoisotopic (exact) mass is 298 g/mol. The standard InChI is InChI=1S/C11H11F4O3P/c1-2-7-10(11(13,14)15,19(16,17)18)8-5-3-4-6-9(8)12/h2-6H,1,7H2,(H2,16,17,18). The van der Waals surface area contributed by atoms with E-state index in [1.165, 1.54) is 0 Å². The van der Waals surface area contributed by atoms with Crippen molar-refractivity contribution < 1.29 is 31.9 Å². The van der Waals surface area contributed by atoms with Gasteiger partial charge in [-0.15, -0.1) is 6.58 Å². The van der Waals surface area contributed by atoms with E-state index < -0.39 is 36.7 Å². The molecule has 0 saturated carbocycles. The minimum Gasteiger partial charge on any atom is -0.324 e. The summed E-state index contributed by atoms with van der Waals surface area (Å²) in [5.74, 6) is -1.33. The number of rotatable bonds is 4. The number of benzene rings is 1. The van der Waals surface area contributed by atoms with E-state index in [1.54, 1.807) is 0 Å². The topological polar surface area (TPSA) is 57.5 Å². The molecule has 0 bridgehead atoms. The van der Waals surface area contributed by atoms with E-state index in [2.05, 4.69) is 6.58 Å². The summed E-state index contributed by atoms with van der Waals surface area (Å²) in [6.45, 7) is 3.06. The van der Waals surface area contributed by atoms with Gasteiger partial charge in [-0.1, -0.05) is 24.3 Å². The second-order valence-electron chi connectivity index (χ2n) is 3.87. The molecule has 1 unspecified atom stereocenters. The van der Waals surface area contributed by atoms with Crippen molar-refractivity contribution in [1.82, 2.24) is 0 Å². The molecule has 1 atom stereocenters. The van der Waals surface area contributed by atoms with Gasteiger partial charge in [0.15, 0.2) is 5.16 Å². The van der Waals surface area contributed by atoms with Crippen molar-refractivity contribution in [3.8, 4) is 0 Å². The third-order valence-corrected chi connectivity index (χ3v) is 4.40. The molecule has 0 saturated heterocycles. The lowest BCUT2D eigenvalue weighted by molar-refractivity contribution is -0.169. The Morgan fingerprint density at radius 2 is 1.79 bits per heavy atom. The molecule has 2 N–H and O–H groups in total. The number of alkyl halides is 3. The minimum absolute atomic E-state index is 0.707. The maximum Gasteiger partial charge on any atom is 0.410 e. The van der Waals surface area contributed by atoms with Crippen molar-refractivity contribution in [3.05, 3.63) is 48.3 Å². The smallest absolute Gasteiger partial charge is 0.324 e. The van der Waals surface area contributed by atoms with Gasteiger partial charge in [-0.3, -0.25) is 4.57 Å². The Morgan fingerprint density at radius 1 is 1.26 bits per heavy atom. The average Bonchev–Trinajstić information content (AvgIpc) is 2.23. The van der Waals surface area contributed by atoms with E-state index in [1.807, 2.05) is 0 Å². The Morgan fingerprint density at radius 3 is 2.16 bits per heavy atom. The Labute approximate surface area is 106 Å². The normalized spacial score (nSPS) is 15.9. The van der Waals surface area contributed by atoms with Crippen LogP contribution in [0.5, 0.6) is 0 Å². The van der Waals surface area contributed by atoms with Gasteiger partial charge < -0.3 is 9.79 Å². The lowest BCUT2D eigenvalue weighted by Crippen LogP contribution is -2.42. The van der Waals surface area contributed by atoms with Crippen molar-refractivity contribution in [2.45, 2.75) is 17.8 Å². The molecule has 1 aromatic carbocycles. The molecule has 0 radical (unpaired) electrons. The number of allylic oxidation sites excluding steroid dienone is 1. The molecule has 106 valence electrons. The van der Waals surface area contributed by atoms with E-state index >= 15 is 0 Å². The van der Waals surface area contributed by atoms with E-state index in [9.17, 15) is 22.1 Å². The fourth-order valence-electron chi connectivity index (χ4n) is 1.82. The van der Waals surface area contributed by atoms with Crippen LogP contribution < -0.4 is 0 Å². The molecule has 0 fully saturated rings. The molecule has 1 rings (SSSR count). The number of halogens is 4. The molecule has 0 aromatic heterocycles. The van der Waals surface area contributed by atoms with Gasteiger partial charge in [-0.25, -0.2) is 4.39 Å². The van der Waals surface area contributed by atoms with Crippen molar-refractivity contribution >= 4 is 7.60 Å². The molecule has 3 nitrogen and oxygen atoms in total. The summed E-state index contributed by atoms with van der Waals surface area (Å²) in [6, 6.07) is 3.64. The predicted molar refractivity (Wildman–Crippen MR) is 61.0 cm³/mol. The Balaban J connectivity index is 3.73. The van der Waals surface area contributed by atoms with Crippen molar-refractivity contribution in [3.63, 3.8) is 0 Å². The van der Waals surface area contributed by atoms with Crippen LogP contribution in [-0.4, -0.2) is 16.0 Å². The van der Waals surface area contributed by atoms with Crippen LogP contribution >= 0.6 is 7.60 Å². The summed E-state index contributed by atoms with van der Waals surface area (Å²) in [4.78, 5) is 18.3. The van der Waals surface area contributed by atoms with Crippen molar-refractivity contribution in [1.29, 1.82) is 0 Å². The van der Waals surface area contributed by atoms with Crippen LogP contribution in [0.4, 0.5) is 17.6 Å². The lowest BCUT2D eigenvalue weighted by atomic mass is 9.93. The highest BCUT2D eigenvalue weighted by molar-refractivity contribution is 7.53. The third kappa shape index (κ3) is 2.59. The highest BCUT2D eigenvalue weighted by atomic mass is 31.2. The van der Waals surface area contributed by atoms with Gasteiger partial charge in [0.25, 0.3) is 0 Å². The minimum atomic E-state index is -5.73. The molecule has 1 aromatic rings. The molecule has 8 heteroatoms.